The van der Waals surface area contributed by atoms with Gasteiger partial charge in [0, 0.05) is 17.5 Å². The van der Waals surface area contributed by atoms with Crippen molar-refractivity contribution in [3.05, 3.63) is 100 Å². The maximum atomic E-state index is 12.2. The molecule has 162 valence electrons. The molecule has 1 aliphatic rings. The molecule has 0 spiro atoms. The Balaban J connectivity index is 1.29. The molecule has 1 aliphatic carbocycles. The number of aromatic carboxylic acids is 1. The van der Waals surface area contributed by atoms with Crippen molar-refractivity contribution in [3.63, 3.8) is 0 Å². The number of carboxylic acid groups (broad SMARTS) is 1. The van der Waals surface area contributed by atoms with Gasteiger partial charge in [0.1, 0.15) is 6.61 Å². The van der Waals surface area contributed by atoms with E-state index in [1.54, 1.807) is 24.3 Å². The molecule has 0 heterocycles. The Morgan fingerprint density at radius 2 is 1.66 bits per heavy atom. The maximum absolute atomic E-state index is 12.2. The zero-order chi connectivity index (χ0) is 22.5. The van der Waals surface area contributed by atoms with Crippen LogP contribution < -0.4 is 5.32 Å². The lowest BCUT2D eigenvalue weighted by Gasteiger charge is -2.14. The smallest absolute Gasteiger partial charge is 0.407 e. The number of halogens is 1. The fourth-order valence-electron chi connectivity index (χ4n) is 3.98. The molecule has 0 aromatic heterocycles. The van der Waals surface area contributed by atoms with Crippen LogP contribution in [0, 0.1) is 0 Å². The first kappa shape index (κ1) is 21.7. The van der Waals surface area contributed by atoms with E-state index in [0.29, 0.717) is 23.6 Å². The van der Waals surface area contributed by atoms with Crippen LogP contribution in [-0.2, 0) is 4.74 Å². The number of carbonyl (C=O) groups excluding carboxylic acids is 1. The van der Waals surface area contributed by atoms with E-state index in [4.69, 9.17) is 16.3 Å². The molecule has 4 rings (SSSR count). The fourth-order valence-corrected chi connectivity index (χ4v) is 4.15. The highest BCUT2D eigenvalue weighted by molar-refractivity contribution is 6.31. The molecule has 32 heavy (non-hydrogen) atoms. The molecule has 2 N–H and O–H groups in total. The molecule has 6 heteroatoms. The SMILES string of the molecule is O=C(NCCC=Cc1ccc(Cl)cc1C(=O)O)OCC1c2ccccc2-c2ccccc21. The van der Waals surface area contributed by atoms with Crippen molar-refractivity contribution in [2.45, 2.75) is 12.3 Å². The molecule has 0 fully saturated rings. The third kappa shape index (κ3) is 4.68. The second kappa shape index (κ2) is 9.71. The van der Waals surface area contributed by atoms with Crippen molar-refractivity contribution in [1.82, 2.24) is 5.32 Å². The van der Waals surface area contributed by atoms with Crippen LogP contribution in [0.25, 0.3) is 17.2 Å². The zero-order valence-corrected chi connectivity index (χ0v) is 18.0. The number of fused-ring (bicyclic) bond motifs is 3. The molecule has 5 nitrogen and oxygen atoms in total. The lowest BCUT2D eigenvalue weighted by molar-refractivity contribution is 0.0696. The molecule has 1 amide bonds. The van der Waals surface area contributed by atoms with Crippen LogP contribution in [0.3, 0.4) is 0 Å². The summed E-state index contributed by atoms with van der Waals surface area (Å²) in [5.41, 5.74) is 5.40. The van der Waals surface area contributed by atoms with Gasteiger partial charge in [0.2, 0.25) is 0 Å². The molecule has 0 bridgehead atoms. The predicted molar refractivity (Wildman–Crippen MR) is 125 cm³/mol. The van der Waals surface area contributed by atoms with Gasteiger partial charge in [-0.05, 0) is 46.4 Å². The van der Waals surface area contributed by atoms with Gasteiger partial charge in [-0.15, -0.1) is 0 Å². The molecule has 0 radical (unpaired) electrons. The van der Waals surface area contributed by atoms with E-state index in [2.05, 4.69) is 29.6 Å². The van der Waals surface area contributed by atoms with Gasteiger partial charge in [0.15, 0.2) is 0 Å². The van der Waals surface area contributed by atoms with E-state index in [1.807, 2.05) is 24.3 Å². The van der Waals surface area contributed by atoms with Gasteiger partial charge in [0.05, 0.1) is 5.56 Å². The van der Waals surface area contributed by atoms with Crippen LogP contribution in [-0.4, -0.2) is 30.3 Å². The van der Waals surface area contributed by atoms with Crippen LogP contribution in [0.15, 0.2) is 72.8 Å². The number of alkyl carbamates (subject to hydrolysis) is 1. The second-order valence-corrected chi connectivity index (χ2v) is 7.92. The number of hydrogen-bond acceptors (Lipinski definition) is 3. The molecule has 0 atom stereocenters. The van der Waals surface area contributed by atoms with Gasteiger partial charge in [-0.3, -0.25) is 0 Å². The summed E-state index contributed by atoms with van der Waals surface area (Å²) in [6, 6.07) is 21.1. The number of amides is 1. The van der Waals surface area contributed by atoms with Gasteiger partial charge in [-0.1, -0.05) is 78.4 Å². The quantitative estimate of drug-likeness (QED) is 0.437. The summed E-state index contributed by atoms with van der Waals surface area (Å²) < 4.78 is 5.50. The molecule has 0 saturated carbocycles. The minimum absolute atomic E-state index is 0.0207. The van der Waals surface area contributed by atoms with E-state index in [9.17, 15) is 14.7 Å². The van der Waals surface area contributed by atoms with E-state index in [1.165, 1.54) is 28.3 Å². The third-order valence-corrected chi connectivity index (χ3v) is 5.70. The highest BCUT2D eigenvalue weighted by atomic mass is 35.5. The lowest BCUT2D eigenvalue weighted by atomic mass is 9.98. The van der Waals surface area contributed by atoms with Crippen molar-refractivity contribution in [2.75, 3.05) is 13.2 Å². The van der Waals surface area contributed by atoms with Gasteiger partial charge in [-0.25, -0.2) is 9.59 Å². The average molecular weight is 448 g/mol. The number of rotatable bonds is 7. The molecule has 3 aromatic carbocycles. The van der Waals surface area contributed by atoms with Crippen LogP contribution in [0.2, 0.25) is 5.02 Å². The van der Waals surface area contributed by atoms with Crippen molar-refractivity contribution in [2.24, 2.45) is 0 Å². The Morgan fingerprint density at radius 1 is 1.00 bits per heavy atom. The molecular weight excluding hydrogens is 426 g/mol. The van der Waals surface area contributed by atoms with Crippen LogP contribution in [0.1, 0.15) is 39.4 Å². The fraction of sp³-hybridized carbons (Fsp3) is 0.154. The number of benzene rings is 3. The Bertz CT molecular complexity index is 1140. The van der Waals surface area contributed by atoms with Crippen LogP contribution >= 0.6 is 11.6 Å². The minimum Gasteiger partial charge on any atom is -0.478 e. The highest BCUT2D eigenvalue weighted by Gasteiger charge is 2.28. The third-order valence-electron chi connectivity index (χ3n) is 5.47. The van der Waals surface area contributed by atoms with E-state index < -0.39 is 12.1 Å². The topological polar surface area (TPSA) is 75.6 Å². The summed E-state index contributed by atoms with van der Waals surface area (Å²) in [5.74, 6) is -1.02. The van der Waals surface area contributed by atoms with E-state index in [0.717, 1.165) is 0 Å². The van der Waals surface area contributed by atoms with Crippen molar-refractivity contribution >= 4 is 29.7 Å². The monoisotopic (exact) mass is 447 g/mol. The van der Waals surface area contributed by atoms with Gasteiger partial charge in [-0.2, -0.15) is 0 Å². The lowest BCUT2D eigenvalue weighted by Crippen LogP contribution is -2.26. The van der Waals surface area contributed by atoms with Crippen molar-refractivity contribution in [3.8, 4) is 11.1 Å². The number of carbonyl (C=O) groups is 2. The highest BCUT2D eigenvalue weighted by Crippen LogP contribution is 2.44. The Labute approximate surface area is 191 Å². The summed E-state index contributed by atoms with van der Waals surface area (Å²) in [6.45, 7) is 0.644. The van der Waals surface area contributed by atoms with Crippen molar-refractivity contribution < 1.29 is 19.4 Å². The second-order valence-electron chi connectivity index (χ2n) is 7.48. The standard InChI is InChI=1S/C26H22ClNO4/c27-18-13-12-17(23(15-18)25(29)30)7-5-6-14-28-26(31)32-16-24-21-10-3-1-8-19(21)20-9-2-4-11-22(20)24/h1-5,7-13,15,24H,6,14,16H2,(H,28,31)(H,29,30). The van der Waals surface area contributed by atoms with Crippen LogP contribution in [0.5, 0.6) is 0 Å². The summed E-state index contributed by atoms with van der Waals surface area (Å²) in [7, 11) is 0. The van der Waals surface area contributed by atoms with Crippen LogP contribution in [0.4, 0.5) is 4.79 Å². The summed E-state index contributed by atoms with van der Waals surface area (Å²) >= 11 is 5.86. The predicted octanol–water partition coefficient (Wildman–Crippen LogP) is 5.98. The minimum atomic E-state index is -1.04. The van der Waals surface area contributed by atoms with Gasteiger partial charge in [0.25, 0.3) is 0 Å². The average Bonchev–Trinajstić information content (AvgIpc) is 3.12. The Kier molecular flexibility index (Phi) is 6.57. The Hall–Kier alpha value is -3.57. The maximum Gasteiger partial charge on any atom is 0.407 e. The zero-order valence-electron chi connectivity index (χ0n) is 17.3. The summed E-state index contributed by atoms with van der Waals surface area (Å²) in [5, 5.41) is 12.4. The summed E-state index contributed by atoms with van der Waals surface area (Å²) in [4.78, 5) is 23.5. The van der Waals surface area contributed by atoms with Gasteiger partial charge >= 0.3 is 12.1 Å². The molecule has 3 aromatic rings. The molecular formula is C26H22ClNO4. The molecule has 0 saturated heterocycles. The van der Waals surface area contributed by atoms with Crippen molar-refractivity contribution in [1.29, 1.82) is 0 Å². The number of hydrogen-bond donors (Lipinski definition) is 2. The van der Waals surface area contributed by atoms with Gasteiger partial charge < -0.3 is 15.2 Å². The number of carboxylic acids is 1. The first-order valence-corrected chi connectivity index (χ1v) is 10.7. The van der Waals surface area contributed by atoms with E-state index in [-0.39, 0.29) is 18.1 Å². The Morgan fingerprint density at radius 3 is 2.31 bits per heavy atom. The summed E-state index contributed by atoms with van der Waals surface area (Å²) in [6.07, 6.45) is 3.57. The largest absolute Gasteiger partial charge is 0.478 e. The normalized spacial score (nSPS) is 12.4. The molecule has 0 unspecified atom stereocenters. The van der Waals surface area contributed by atoms with E-state index >= 15 is 0 Å². The first-order valence-electron chi connectivity index (χ1n) is 10.3. The molecule has 0 aliphatic heterocycles. The number of nitrogens with one attached hydrogen (secondary N) is 1. The first-order chi connectivity index (χ1) is 15.5. The number of ether oxygens (including phenoxy) is 1.